The maximum absolute atomic E-state index is 12.3. The number of rotatable bonds is 2. The first kappa shape index (κ1) is 19.3. The molecule has 6 heteroatoms. The number of carbonyl (C=O) groups excluding carboxylic acids is 2. The second-order valence-electron chi connectivity index (χ2n) is 8.16. The Morgan fingerprint density at radius 3 is 2.41 bits per heavy atom. The number of likely N-dealkylation sites (tertiary alicyclic amines) is 1. The van der Waals surface area contributed by atoms with Crippen LogP contribution in [0, 0.1) is 0 Å². The van der Waals surface area contributed by atoms with Gasteiger partial charge in [-0.1, -0.05) is 0 Å². The molecule has 0 spiro atoms. The highest BCUT2D eigenvalue weighted by Gasteiger charge is 2.29. The second-order valence-corrected chi connectivity index (χ2v) is 8.16. The Hall–Kier alpha value is -2.50. The predicted molar refractivity (Wildman–Crippen MR) is 104 cm³/mol. The van der Waals surface area contributed by atoms with Gasteiger partial charge in [0.1, 0.15) is 5.60 Å². The molecule has 0 N–H and O–H groups in total. The molecule has 0 bridgehead atoms. The Morgan fingerprint density at radius 2 is 1.81 bits per heavy atom. The van der Waals surface area contributed by atoms with Gasteiger partial charge in [0.05, 0.1) is 12.7 Å². The van der Waals surface area contributed by atoms with E-state index in [1.54, 1.807) is 11.0 Å². The first-order valence-corrected chi connectivity index (χ1v) is 9.35. The van der Waals surface area contributed by atoms with Gasteiger partial charge in [0.25, 0.3) is 0 Å². The highest BCUT2D eigenvalue weighted by Crippen LogP contribution is 2.35. The number of methoxy groups -OCH3 is 1. The van der Waals surface area contributed by atoms with E-state index in [1.807, 2.05) is 40.0 Å². The number of amides is 1. The molecular formula is C21H28N2O4. The van der Waals surface area contributed by atoms with E-state index in [2.05, 4.69) is 10.8 Å². The van der Waals surface area contributed by atoms with Crippen molar-refractivity contribution < 1.29 is 19.1 Å². The van der Waals surface area contributed by atoms with Crippen LogP contribution in [0.25, 0.3) is 10.9 Å². The molecule has 1 aliphatic heterocycles. The van der Waals surface area contributed by atoms with Crippen LogP contribution in [-0.2, 0) is 16.5 Å². The van der Waals surface area contributed by atoms with Gasteiger partial charge in [-0.05, 0) is 63.3 Å². The highest BCUT2D eigenvalue weighted by molar-refractivity contribution is 5.96. The average molecular weight is 372 g/mol. The van der Waals surface area contributed by atoms with E-state index in [9.17, 15) is 9.59 Å². The van der Waals surface area contributed by atoms with Gasteiger partial charge in [-0.15, -0.1) is 0 Å². The van der Waals surface area contributed by atoms with Crippen LogP contribution in [0.1, 0.15) is 55.5 Å². The predicted octanol–water partition coefficient (Wildman–Crippen LogP) is 4.08. The standard InChI is InChI=1S/C21H28N2O4/c1-21(2,3)27-20(25)23-10-8-14(9-11-23)17-13-22(4)18-7-6-15(12-16(17)18)19(24)26-5/h6-7,12-14H,8-11H2,1-5H3. The summed E-state index contributed by atoms with van der Waals surface area (Å²) in [6.45, 7) is 6.99. The monoisotopic (exact) mass is 372 g/mol. The van der Waals surface area contributed by atoms with Crippen LogP contribution < -0.4 is 0 Å². The molecule has 2 aromatic rings. The van der Waals surface area contributed by atoms with Crippen molar-refractivity contribution in [3.63, 3.8) is 0 Å². The number of aromatic nitrogens is 1. The number of carbonyl (C=O) groups is 2. The van der Waals surface area contributed by atoms with Crippen molar-refractivity contribution >= 4 is 23.0 Å². The lowest BCUT2D eigenvalue weighted by molar-refractivity contribution is 0.0205. The van der Waals surface area contributed by atoms with Gasteiger partial charge in [0.2, 0.25) is 0 Å². The third kappa shape index (κ3) is 4.10. The van der Waals surface area contributed by atoms with Crippen LogP contribution in [0.15, 0.2) is 24.4 Å². The summed E-state index contributed by atoms with van der Waals surface area (Å²) < 4.78 is 12.4. The minimum atomic E-state index is -0.478. The summed E-state index contributed by atoms with van der Waals surface area (Å²) >= 11 is 0. The number of esters is 1. The van der Waals surface area contributed by atoms with Crippen molar-refractivity contribution in [1.29, 1.82) is 0 Å². The van der Waals surface area contributed by atoms with E-state index in [0.29, 0.717) is 24.6 Å². The van der Waals surface area contributed by atoms with E-state index < -0.39 is 5.60 Å². The van der Waals surface area contributed by atoms with Gasteiger partial charge in [0.15, 0.2) is 0 Å². The molecule has 0 atom stereocenters. The molecule has 1 aromatic carbocycles. The Kier molecular flexibility index (Phi) is 5.18. The third-order valence-corrected chi connectivity index (χ3v) is 5.03. The molecule has 1 saturated heterocycles. The van der Waals surface area contributed by atoms with Gasteiger partial charge in [-0.25, -0.2) is 9.59 Å². The maximum atomic E-state index is 12.3. The van der Waals surface area contributed by atoms with Crippen LogP contribution in [0.2, 0.25) is 0 Å². The van der Waals surface area contributed by atoms with Gasteiger partial charge in [-0.2, -0.15) is 0 Å². The number of hydrogen-bond donors (Lipinski definition) is 0. The van der Waals surface area contributed by atoms with Gasteiger partial charge in [-0.3, -0.25) is 0 Å². The molecular weight excluding hydrogens is 344 g/mol. The fourth-order valence-corrected chi connectivity index (χ4v) is 3.69. The summed E-state index contributed by atoms with van der Waals surface area (Å²) in [7, 11) is 3.41. The molecule has 0 saturated carbocycles. The Balaban J connectivity index is 1.79. The number of aryl methyl sites for hydroxylation is 1. The minimum Gasteiger partial charge on any atom is -0.465 e. The number of ether oxygens (including phenoxy) is 2. The van der Waals surface area contributed by atoms with Crippen LogP contribution in [0.5, 0.6) is 0 Å². The zero-order valence-corrected chi connectivity index (χ0v) is 16.7. The molecule has 0 unspecified atom stereocenters. The molecule has 6 nitrogen and oxygen atoms in total. The summed E-state index contributed by atoms with van der Waals surface area (Å²) in [4.78, 5) is 26.0. The van der Waals surface area contributed by atoms with Gasteiger partial charge in [0, 0.05) is 37.2 Å². The largest absolute Gasteiger partial charge is 0.465 e. The fraction of sp³-hybridized carbons (Fsp3) is 0.524. The number of benzene rings is 1. The lowest BCUT2D eigenvalue weighted by Gasteiger charge is -2.33. The molecule has 1 amide bonds. The van der Waals surface area contributed by atoms with E-state index in [1.165, 1.54) is 12.7 Å². The molecule has 1 aromatic heterocycles. The smallest absolute Gasteiger partial charge is 0.410 e. The fourth-order valence-electron chi connectivity index (χ4n) is 3.69. The highest BCUT2D eigenvalue weighted by atomic mass is 16.6. The van der Waals surface area contributed by atoms with Crippen molar-refractivity contribution in [3.8, 4) is 0 Å². The van der Waals surface area contributed by atoms with Crippen molar-refractivity contribution in [1.82, 2.24) is 9.47 Å². The second kappa shape index (κ2) is 7.25. The summed E-state index contributed by atoms with van der Waals surface area (Å²) in [5.74, 6) is 0.0201. The van der Waals surface area contributed by atoms with E-state index in [0.717, 1.165) is 23.7 Å². The molecule has 1 aliphatic rings. The van der Waals surface area contributed by atoms with E-state index in [-0.39, 0.29) is 12.1 Å². The molecule has 1 fully saturated rings. The lowest BCUT2D eigenvalue weighted by atomic mass is 9.89. The SMILES string of the molecule is COC(=O)c1ccc2c(c1)c(C1CCN(C(=O)OC(C)(C)C)CC1)cn2C. The Morgan fingerprint density at radius 1 is 1.15 bits per heavy atom. The number of hydrogen-bond acceptors (Lipinski definition) is 4. The minimum absolute atomic E-state index is 0.244. The van der Waals surface area contributed by atoms with Crippen LogP contribution in [0.3, 0.4) is 0 Å². The van der Waals surface area contributed by atoms with Crippen molar-refractivity contribution in [2.75, 3.05) is 20.2 Å². The Bertz CT molecular complexity index is 855. The average Bonchev–Trinajstić information content (AvgIpc) is 2.96. The normalized spacial score (nSPS) is 15.8. The summed E-state index contributed by atoms with van der Waals surface area (Å²) in [5.41, 5.74) is 2.39. The first-order chi connectivity index (χ1) is 12.7. The lowest BCUT2D eigenvalue weighted by Crippen LogP contribution is -2.41. The van der Waals surface area contributed by atoms with Crippen molar-refractivity contribution in [2.24, 2.45) is 7.05 Å². The van der Waals surface area contributed by atoms with Crippen LogP contribution in [0.4, 0.5) is 4.79 Å². The van der Waals surface area contributed by atoms with E-state index >= 15 is 0 Å². The zero-order valence-electron chi connectivity index (χ0n) is 16.7. The molecule has 0 radical (unpaired) electrons. The first-order valence-electron chi connectivity index (χ1n) is 9.35. The summed E-state index contributed by atoms with van der Waals surface area (Å²) in [5, 5.41) is 1.08. The molecule has 146 valence electrons. The Labute approximate surface area is 160 Å². The third-order valence-electron chi connectivity index (χ3n) is 5.03. The van der Waals surface area contributed by atoms with Crippen LogP contribution in [-0.4, -0.2) is 47.3 Å². The molecule has 2 heterocycles. The topological polar surface area (TPSA) is 60.8 Å². The van der Waals surface area contributed by atoms with E-state index in [4.69, 9.17) is 9.47 Å². The number of nitrogens with zero attached hydrogens (tertiary/aromatic N) is 2. The summed E-state index contributed by atoms with van der Waals surface area (Å²) in [6, 6.07) is 5.67. The quantitative estimate of drug-likeness (QED) is 0.745. The number of fused-ring (bicyclic) bond motifs is 1. The van der Waals surface area contributed by atoms with Crippen LogP contribution >= 0.6 is 0 Å². The van der Waals surface area contributed by atoms with Gasteiger partial charge < -0.3 is 18.9 Å². The molecule has 3 rings (SSSR count). The van der Waals surface area contributed by atoms with Crippen molar-refractivity contribution in [3.05, 3.63) is 35.5 Å². The number of piperidine rings is 1. The van der Waals surface area contributed by atoms with Crippen molar-refractivity contribution in [2.45, 2.75) is 45.1 Å². The zero-order chi connectivity index (χ0) is 19.8. The summed E-state index contributed by atoms with van der Waals surface area (Å²) in [6.07, 6.45) is 3.65. The molecule has 0 aliphatic carbocycles. The maximum Gasteiger partial charge on any atom is 0.410 e. The van der Waals surface area contributed by atoms with Gasteiger partial charge >= 0.3 is 12.1 Å². The molecule has 27 heavy (non-hydrogen) atoms.